The molecular formula is C12H13N3O4. The van der Waals surface area contributed by atoms with E-state index in [4.69, 9.17) is 4.42 Å². The highest BCUT2D eigenvalue weighted by Gasteiger charge is 2.20. The third kappa shape index (κ3) is 2.37. The van der Waals surface area contributed by atoms with Crippen LogP contribution >= 0.6 is 0 Å². The van der Waals surface area contributed by atoms with Crippen molar-refractivity contribution in [3.63, 3.8) is 0 Å². The van der Waals surface area contributed by atoms with Crippen molar-refractivity contribution in [3.8, 4) is 0 Å². The second-order valence-corrected chi connectivity index (χ2v) is 4.66. The van der Waals surface area contributed by atoms with Gasteiger partial charge in [-0.15, -0.1) is 0 Å². The first-order valence-electron chi connectivity index (χ1n) is 6.16. The van der Waals surface area contributed by atoms with Crippen molar-refractivity contribution in [1.82, 2.24) is 9.88 Å². The molecule has 0 unspecified atom stereocenters. The van der Waals surface area contributed by atoms with E-state index in [1.54, 1.807) is 0 Å². The van der Waals surface area contributed by atoms with E-state index in [-0.39, 0.29) is 5.69 Å². The number of oxazole rings is 1. The molecule has 1 N–H and O–H groups in total. The van der Waals surface area contributed by atoms with E-state index < -0.39 is 10.7 Å². The summed E-state index contributed by atoms with van der Waals surface area (Å²) < 4.78 is 6.49. The average Bonchev–Trinajstić information content (AvgIpc) is 3.14. The molecule has 7 heteroatoms. The first-order valence-corrected chi connectivity index (χ1v) is 6.16. The zero-order valence-electron chi connectivity index (χ0n) is 10.2. The number of nitro groups is 1. The van der Waals surface area contributed by atoms with Crippen molar-refractivity contribution in [1.29, 1.82) is 0 Å². The molecule has 1 fully saturated rings. The SMILES string of the molecule is O=c1oc2ccc([N+](=O)[O-])cc2n1CCNC1CC1. The number of non-ortho nitro benzene ring substituents is 1. The highest BCUT2D eigenvalue weighted by molar-refractivity contribution is 5.75. The molecule has 1 heterocycles. The lowest BCUT2D eigenvalue weighted by molar-refractivity contribution is -0.384. The molecule has 7 nitrogen and oxygen atoms in total. The molecule has 0 amide bonds. The molecule has 19 heavy (non-hydrogen) atoms. The van der Waals surface area contributed by atoms with Crippen LogP contribution in [0.2, 0.25) is 0 Å². The molecule has 0 bridgehead atoms. The summed E-state index contributed by atoms with van der Waals surface area (Å²) in [5.74, 6) is -0.479. The van der Waals surface area contributed by atoms with E-state index in [0.717, 1.165) is 0 Å². The molecular weight excluding hydrogens is 250 g/mol. The van der Waals surface area contributed by atoms with Crippen molar-refractivity contribution in [2.75, 3.05) is 6.54 Å². The molecule has 0 spiro atoms. The topological polar surface area (TPSA) is 90.3 Å². The number of nitrogens with zero attached hydrogens (tertiary/aromatic N) is 2. The van der Waals surface area contributed by atoms with Gasteiger partial charge in [0.15, 0.2) is 5.58 Å². The fraction of sp³-hybridized carbons (Fsp3) is 0.417. The quantitative estimate of drug-likeness (QED) is 0.647. The van der Waals surface area contributed by atoms with Gasteiger partial charge in [-0.2, -0.15) is 0 Å². The Hall–Kier alpha value is -2.15. The van der Waals surface area contributed by atoms with Crippen molar-refractivity contribution in [3.05, 3.63) is 38.9 Å². The lowest BCUT2D eigenvalue weighted by atomic mass is 10.3. The van der Waals surface area contributed by atoms with E-state index >= 15 is 0 Å². The lowest BCUT2D eigenvalue weighted by Crippen LogP contribution is -2.25. The molecule has 100 valence electrons. The molecule has 0 atom stereocenters. The van der Waals surface area contributed by atoms with Crippen LogP contribution in [0.4, 0.5) is 5.69 Å². The predicted molar refractivity (Wildman–Crippen MR) is 68.2 cm³/mol. The van der Waals surface area contributed by atoms with Crippen LogP contribution in [0.1, 0.15) is 12.8 Å². The fourth-order valence-corrected chi connectivity index (χ4v) is 2.04. The smallest absolute Gasteiger partial charge is 0.408 e. The van der Waals surface area contributed by atoms with E-state index in [1.165, 1.54) is 35.6 Å². The number of benzene rings is 1. The minimum absolute atomic E-state index is 0.0443. The summed E-state index contributed by atoms with van der Waals surface area (Å²) in [6.07, 6.45) is 2.35. The van der Waals surface area contributed by atoms with Gasteiger partial charge >= 0.3 is 5.76 Å². The first kappa shape index (κ1) is 11.9. The van der Waals surface area contributed by atoms with Gasteiger partial charge in [-0.3, -0.25) is 14.7 Å². The van der Waals surface area contributed by atoms with Crippen LogP contribution in [-0.2, 0) is 6.54 Å². The van der Waals surface area contributed by atoms with Crippen LogP contribution in [0.25, 0.3) is 11.1 Å². The molecule has 0 saturated heterocycles. The van der Waals surface area contributed by atoms with Crippen LogP contribution in [0.15, 0.2) is 27.4 Å². The van der Waals surface area contributed by atoms with Gasteiger partial charge in [0.1, 0.15) is 0 Å². The zero-order valence-corrected chi connectivity index (χ0v) is 10.2. The minimum Gasteiger partial charge on any atom is -0.408 e. The minimum atomic E-state index is -0.482. The van der Waals surface area contributed by atoms with Crippen molar-refractivity contribution < 1.29 is 9.34 Å². The zero-order chi connectivity index (χ0) is 13.4. The first-order chi connectivity index (χ1) is 9.15. The highest BCUT2D eigenvalue weighted by Crippen LogP contribution is 2.20. The Balaban J connectivity index is 1.91. The third-order valence-corrected chi connectivity index (χ3v) is 3.21. The van der Waals surface area contributed by atoms with E-state index in [2.05, 4.69) is 5.32 Å². The maximum Gasteiger partial charge on any atom is 0.419 e. The number of hydrogen-bond donors (Lipinski definition) is 1. The van der Waals surface area contributed by atoms with Gasteiger partial charge in [0.2, 0.25) is 0 Å². The van der Waals surface area contributed by atoms with Crippen LogP contribution in [-0.4, -0.2) is 22.1 Å². The summed E-state index contributed by atoms with van der Waals surface area (Å²) in [5, 5.41) is 14.0. The Morgan fingerprint density at radius 2 is 2.26 bits per heavy atom. The standard InChI is InChI=1S/C12H13N3O4/c16-12-14(6-5-13-8-1-2-8)10-7-9(15(17)18)3-4-11(10)19-12/h3-4,7-8,13H,1-2,5-6H2. The van der Waals surface area contributed by atoms with E-state index in [1.807, 2.05) is 0 Å². The Bertz CT molecular complexity index is 684. The lowest BCUT2D eigenvalue weighted by Gasteiger charge is -2.03. The highest BCUT2D eigenvalue weighted by atomic mass is 16.6. The summed E-state index contributed by atoms with van der Waals surface area (Å²) >= 11 is 0. The molecule has 1 aliphatic carbocycles. The molecule has 1 aromatic heterocycles. The number of fused-ring (bicyclic) bond motifs is 1. The van der Waals surface area contributed by atoms with Gasteiger partial charge in [0, 0.05) is 31.3 Å². The maximum absolute atomic E-state index is 11.7. The Morgan fingerprint density at radius 3 is 2.95 bits per heavy atom. The van der Waals surface area contributed by atoms with Gasteiger partial charge in [-0.05, 0) is 18.9 Å². The number of aromatic nitrogens is 1. The van der Waals surface area contributed by atoms with Gasteiger partial charge < -0.3 is 9.73 Å². The van der Waals surface area contributed by atoms with Crippen LogP contribution < -0.4 is 11.1 Å². The van der Waals surface area contributed by atoms with Gasteiger partial charge in [-0.25, -0.2) is 4.79 Å². The maximum atomic E-state index is 11.7. The van der Waals surface area contributed by atoms with Crippen molar-refractivity contribution in [2.45, 2.75) is 25.4 Å². The van der Waals surface area contributed by atoms with Gasteiger partial charge in [0.05, 0.1) is 10.4 Å². The summed E-state index contributed by atoms with van der Waals surface area (Å²) in [7, 11) is 0. The molecule has 2 aromatic rings. The molecule has 1 aromatic carbocycles. The molecule has 0 radical (unpaired) electrons. The molecule has 0 aliphatic heterocycles. The monoisotopic (exact) mass is 263 g/mol. The predicted octanol–water partition coefficient (Wildman–Crippen LogP) is 1.25. The van der Waals surface area contributed by atoms with Crippen LogP contribution in [0, 0.1) is 10.1 Å². The second-order valence-electron chi connectivity index (χ2n) is 4.66. The average molecular weight is 263 g/mol. The van der Waals surface area contributed by atoms with Crippen LogP contribution in [0.3, 0.4) is 0 Å². The molecule has 1 saturated carbocycles. The second kappa shape index (κ2) is 4.51. The Morgan fingerprint density at radius 1 is 1.47 bits per heavy atom. The van der Waals surface area contributed by atoms with E-state index in [9.17, 15) is 14.9 Å². The van der Waals surface area contributed by atoms with E-state index in [0.29, 0.717) is 30.2 Å². The Labute approximate surface area is 108 Å². The summed E-state index contributed by atoms with van der Waals surface area (Å²) in [6.45, 7) is 1.10. The number of rotatable bonds is 5. The van der Waals surface area contributed by atoms with Gasteiger partial charge in [-0.1, -0.05) is 0 Å². The summed E-state index contributed by atoms with van der Waals surface area (Å²) in [4.78, 5) is 22.0. The third-order valence-electron chi connectivity index (χ3n) is 3.21. The largest absolute Gasteiger partial charge is 0.419 e. The van der Waals surface area contributed by atoms with Crippen molar-refractivity contribution in [2.24, 2.45) is 0 Å². The fourth-order valence-electron chi connectivity index (χ4n) is 2.04. The summed E-state index contributed by atoms with van der Waals surface area (Å²) in [5.41, 5.74) is 0.802. The van der Waals surface area contributed by atoms with Crippen molar-refractivity contribution >= 4 is 16.8 Å². The summed E-state index contributed by atoms with van der Waals surface area (Å²) in [6, 6.07) is 4.72. The van der Waals surface area contributed by atoms with Crippen LogP contribution in [0.5, 0.6) is 0 Å². The molecule has 3 rings (SSSR count). The normalized spacial score (nSPS) is 14.9. The molecule has 1 aliphatic rings. The Kier molecular flexibility index (Phi) is 2.83. The number of hydrogen-bond acceptors (Lipinski definition) is 5. The number of nitrogens with one attached hydrogen (secondary N) is 1. The number of nitro benzene ring substituents is 1. The van der Waals surface area contributed by atoms with Gasteiger partial charge in [0.25, 0.3) is 5.69 Å².